The van der Waals surface area contributed by atoms with E-state index < -0.39 is 0 Å². The first kappa shape index (κ1) is 21.7. The van der Waals surface area contributed by atoms with E-state index in [1.54, 1.807) is 7.11 Å². The Hall–Kier alpha value is -3.15. The summed E-state index contributed by atoms with van der Waals surface area (Å²) in [7, 11) is 1.66. The van der Waals surface area contributed by atoms with Crippen LogP contribution >= 0.6 is 0 Å². The summed E-state index contributed by atoms with van der Waals surface area (Å²) in [5.74, 6) is 2.22. The quantitative estimate of drug-likeness (QED) is 0.563. The second-order valence-corrected chi connectivity index (χ2v) is 9.58. The van der Waals surface area contributed by atoms with Crippen LogP contribution in [0.3, 0.4) is 0 Å². The number of methoxy groups -OCH3 is 1. The maximum absolute atomic E-state index is 13.4. The van der Waals surface area contributed by atoms with Crippen LogP contribution in [0.25, 0.3) is 0 Å². The van der Waals surface area contributed by atoms with Crippen molar-refractivity contribution in [3.05, 3.63) is 77.9 Å². The maximum atomic E-state index is 13.4. The molecule has 1 spiro atoms. The largest absolute Gasteiger partial charge is 0.497 e. The van der Waals surface area contributed by atoms with Gasteiger partial charge in [0.25, 0.3) is 0 Å². The van der Waals surface area contributed by atoms with E-state index in [0.29, 0.717) is 6.42 Å². The molecule has 1 unspecified atom stereocenters. The lowest BCUT2D eigenvalue weighted by atomic mass is 9.67. The molecule has 2 fully saturated rings. The topological polar surface area (TPSA) is 60.2 Å². The number of amides is 1. The number of rotatable bonds is 6. The normalized spacial score (nSPS) is 19.7. The molecule has 6 heteroatoms. The Kier molecular flexibility index (Phi) is 6.16. The second-order valence-electron chi connectivity index (χ2n) is 9.58. The Morgan fingerprint density at radius 1 is 1.06 bits per heavy atom. The molecule has 1 aromatic heterocycles. The highest BCUT2D eigenvalue weighted by molar-refractivity contribution is 5.79. The zero-order valence-electron chi connectivity index (χ0n) is 19.3. The van der Waals surface area contributed by atoms with Crippen molar-refractivity contribution in [1.29, 1.82) is 0 Å². The molecule has 2 aliphatic rings. The van der Waals surface area contributed by atoms with Gasteiger partial charge in [-0.1, -0.05) is 61.7 Å². The van der Waals surface area contributed by atoms with E-state index >= 15 is 0 Å². The molecule has 1 amide bonds. The Morgan fingerprint density at radius 2 is 1.85 bits per heavy atom. The fraction of sp³-hybridized carbons (Fsp3) is 0.444. The Morgan fingerprint density at radius 3 is 2.64 bits per heavy atom. The van der Waals surface area contributed by atoms with Gasteiger partial charge in [-0.15, -0.1) is 10.2 Å². The van der Waals surface area contributed by atoms with Gasteiger partial charge < -0.3 is 14.2 Å². The SMILES string of the molecule is COc1cccc(CC(=O)N2CC(c3nncn3Cc3ccccc3)C3(CCCCC3)C2)c1. The summed E-state index contributed by atoms with van der Waals surface area (Å²) >= 11 is 0. The summed E-state index contributed by atoms with van der Waals surface area (Å²) < 4.78 is 7.52. The summed E-state index contributed by atoms with van der Waals surface area (Å²) in [6.07, 6.45) is 8.28. The Bertz CT molecular complexity index is 1090. The van der Waals surface area contributed by atoms with Gasteiger partial charge in [0.2, 0.25) is 5.91 Å². The second kappa shape index (κ2) is 9.38. The number of ether oxygens (including phenoxy) is 1. The summed E-state index contributed by atoms with van der Waals surface area (Å²) in [6, 6.07) is 18.3. The third kappa shape index (κ3) is 4.52. The molecule has 6 nitrogen and oxygen atoms in total. The lowest BCUT2D eigenvalue weighted by Crippen LogP contribution is -2.35. The molecule has 1 aliphatic heterocycles. The summed E-state index contributed by atoms with van der Waals surface area (Å²) in [5, 5.41) is 8.90. The highest BCUT2D eigenvalue weighted by Crippen LogP contribution is 2.51. The van der Waals surface area contributed by atoms with Crippen LogP contribution in [0, 0.1) is 5.41 Å². The highest BCUT2D eigenvalue weighted by Gasteiger charge is 2.50. The van der Waals surface area contributed by atoms with Crippen LogP contribution in [-0.2, 0) is 17.8 Å². The van der Waals surface area contributed by atoms with Gasteiger partial charge in [-0.05, 0) is 41.5 Å². The molecule has 1 aliphatic carbocycles. The minimum absolute atomic E-state index is 0.101. The van der Waals surface area contributed by atoms with Crippen molar-refractivity contribution in [2.24, 2.45) is 5.41 Å². The first-order valence-electron chi connectivity index (χ1n) is 12.0. The van der Waals surface area contributed by atoms with Crippen molar-refractivity contribution < 1.29 is 9.53 Å². The smallest absolute Gasteiger partial charge is 0.227 e. The van der Waals surface area contributed by atoms with E-state index in [9.17, 15) is 4.79 Å². The highest BCUT2D eigenvalue weighted by atomic mass is 16.5. The number of carbonyl (C=O) groups excluding carboxylic acids is 1. The van der Waals surface area contributed by atoms with Crippen LogP contribution in [-0.4, -0.2) is 45.8 Å². The third-order valence-corrected chi connectivity index (χ3v) is 7.49. The van der Waals surface area contributed by atoms with Gasteiger partial charge >= 0.3 is 0 Å². The molecule has 0 bridgehead atoms. The van der Waals surface area contributed by atoms with Crippen molar-refractivity contribution in [3.63, 3.8) is 0 Å². The minimum atomic E-state index is 0.101. The number of hydrogen-bond acceptors (Lipinski definition) is 4. The van der Waals surface area contributed by atoms with Crippen LogP contribution < -0.4 is 4.74 Å². The number of hydrogen-bond donors (Lipinski definition) is 0. The standard InChI is InChI=1S/C27H32N4O2/c1-33-23-12-8-11-22(15-23)16-25(32)30-18-24(27(19-30)13-6-3-7-14-27)26-29-28-20-31(26)17-21-9-4-2-5-10-21/h2,4-5,8-12,15,20,24H,3,6-7,13-14,16-19H2,1H3. The van der Waals surface area contributed by atoms with E-state index in [1.165, 1.54) is 24.8 Å². The molecule has 0 N–H and O–H groups in total. The molecule has 3 aromatic rings. The first-order valence-corrected chi connectivity index (χ1v) is 12.0. The molecule has 1 atom stereocenters. The van der Waals surface area contributed by atoms with Crippen molar-refractivity contribution in [3.8, 4) is 5.75 Å². The molecule has 1 saturated heterocycles. The molecular formula is C27H32N4O2. The summed E-state index contributed by atoms with van der Waals surface area (Å²) in [6.45, 7) is 2.29. The molecule has 0 radical (unpaired) electrons. The molecule has 2 aromatic carbocycles. The van der Waals surface area contributed by atoms with E-state index in [1.807, 2.05) is 36.7 Å². The average molecular weight is 445 g/mol. The number of carbonyl (C=O) groups is 1. The lowest BCUT2D eigenvalue weighted by molar-refractivity contribution is -0.129. The maximum Gasteiger partial charge on any atom is 0.227 e. The number of nitrogens with zero attached hydrogens (tertiary/aromatic N) is 4. The number of likely N-dealkylation sites (tertiary alicyclic amines) is 1. The summed E-state index contributed by atoms with van der Waals surface area (Å²) in [4.78, 5) is 15.5. The van der Waals surface area contributed by atoms with E-state index in [-0.39, 0.29) is 17.2 Å². The van der Waals surface area contributed by atoms with Crippen molar-refractivity contribution >= 4 is 5.91 Å². The zero-order chi connectivity index (χ0) is 22.7. The molecule has 172 valence electrons. The molecule has 33 heavy (non-hydrogen) atoms. The van der Waals surface area contributed by atoms with Crippen molar-refractivity contribution in [2.45, 2.75) is 51.0 Å². The fourth-order valence-electron chi connectivity index (χ4n) is 5.78. The zero-order valence-corrected chi connectivity index (χ0v) is 19.3. The number of aromatic nitrogens is 3. The Labute approximate surface area is 195 Å². The molecule has 5 rings (SSSR count). The van der Waals surface area contributed by atoms with Gasteiger partial charge in [0.1, 0.15) is 17.9 Å². The van der Waals surface area contributed by atoms with Gasteiger partial charge in [0.05, 0.1) is 20.1 Å². The van der Waals surface area contributed by atoms with E-state index in [4.69, 9.17) is 4.74 Å². The van der Waals surface area contributed by atoms with Crippen LogP contribution in [0.4, 0.5) is 0 Å². The van der Waals surface area contributed by atoms with Crippen molar-refractivity contribution in [2.75, 3.05) is 20.2 Å². The van der Waals surface area contributed by atoms with E-state index in [0.717, 1.165) is 49.6 Å². The predicted molar refractivity (Wildman–Crippen MR) is 127 cm³/mol. The number of benzene rings is 2. The van der Waals surface area contributed by atoms with Gasteiger partial charge in [0, 0.05) is 19.0 Å². The molecule has 2 heterocycles. The molecule has 1 saturated carbocycles. The van der Waals surface area contributed by atoms with Gasteiger partial charge in [-0.2, -0.15) is 0 Å². The average Bonchev–Trinajstić information content (AvgIpc) is 3.44. The van der Waals surface area contributed by atoms with Gasteiger partial charge in [-0.3, -0.25) is 4.79 Å². The monoisotopic (exact) mass is 444 g/mol. The first-order chi connectivity index (χ1) is 16.2. The van der Waals surface area contributed by atoms with Crippen LogP contribution in [0.15, 0.2) is 60.9 Å². The van der Waals surface area contributed by atoms with Gasteiger partial charge in [0.15, 0.2) is 0 Å². The molecular weight excluding hydrogens is 412 g/mol. The van der Waals surface area contributed by atoms with Crippen LogP contribution in [0.2, 0.25) is 0 Å². The van der Waals surface area contributed by atoms with Gasteiger partial charge in [-0.25, -0.2) is 0 Å². The third-order valence-electron chi connectivity index (χ3n) is 7.49. The van der Waals surface area contributed by atoms with E-state index in [2.05, 4.69) is 43.9 Å². The van der Waals surface area contributed by atoms with Crippen LogP contribution in [0.5, 0.6) is 5.75 Å². The van der Waals surface area contributed by atoms with Crippen molar-refractivity contribution in [1.82, 2.24) is 19.7 Å². The Balaban J connectivity index is 1.39. The van der Waals surface area contributed by atoms with Crippen LogP contribution in [0.1, 0.15) is 55.0 Å². The fourth-order valence-corrected chi connectivity index (χ4v) is 5.78. The summed E-state index contributed by atoms with van der Waals surface area (Å²) in [5.41, 5.74) is 2.33. The minimum Gasteiger partial charge on any atom is -0.497 e. The predicted octanol–water partition coefficient (Wildman–Crippen LogP) is 4.45. The lowest BCUT2D eigenvalue weighted by Gasteiger charge is -2.37.